The Hall–Kier alpha value is -0.570. The van der Waals surface area contributed by atoms with Crippen molar-refractivity contribution in [2.24, 2.45) is 5.92 Å². The van der Waals surface area contributed by atoms with Crippen LogP contribution >= 0.6 is 0 Å². The standard InChI is InChI=1S/C14H26N2O/c1-2-5-12-8-9-16(11-12)14(17)10-15-13-6-3-4-7-13/h12-13,15H,2-11H2,1H3. The summed E-state index contributed by atoms with van der Waals surface area (Å²) in [7, 11) is 0. The predicted octanol–water partition coefficient (Wildman–Crippen LogP) is 2.17. The maximum absolute atomic E-state index is 12.0. The van der Waals surface area contributed by atoms with Gasteiger partial charge in [0, 0.05) is 19.1 Å². The molecule has 0 spiro atoms. The molecule has 0 aromatic rings. The summed E-state index contributed by atoms with van der Waals surface area (Å²) in [5.41, 5.74) is 0. The number of carbonyl (C=O) groups is 1. The molecule has 1 unspecified atom stereocenters. The van der Waals surface area contributed by atoms with Crippen LogP contribution in [0, 0.1) is 5.92 Å². The van der Waals surface area contributed by atoms with Crippen molar-refractivity contribution in [3.05, 3.63) is 0 Å². The van der Waals surface area contributed by atoms with E-state index in [9.17, 15) is 4.79 Å². The van der Waals surface area contributed by atoms with Gasteiger partial charge in [0.1, 0.15) is 0 Å². The summed E-state index contributed by atoms with van der Waals surface area (Å²) in [6.45, 7) is 4.77. The van der Waals surface area contributed by atoms with E-state index >= 15 is 0 Å². The Balaban J connectivity index is 1.66. The topological polar surface area (TPSA) is 32.3 Å². The fourth-order valence-electron chi connectivity index (χ4n) is 3.18. The number of nitrogens with one attached hydrogen (secondary N) is 1. The van der Waals surface area contributed by atoms with Crippen molar-refractivity contribution in [3.8, 4) is 0 Å². The average molecular weight is 238 g/mol. The molecule has 17 heavy (non-hydrogen) atoms. The number of amides is 1. The molecule has 98 valence electrons. The van der Waals surface area contributed by atoms with E-state index in [1.165, 1.54) is 44.9 Å². The monoisotopic (exact) mass is 238 g/mol. The minimum Gasteiger partial charge on any atom is -0.341 e. The fourth-order valence-corrected chi connectivity index (χ4v) is 3.18. The summed E-state index contributed by atoms with van der Waals surface area (Å²) in [5, 5.41) is 3.41. The van der Waals surface area contributed by atoms with Crippen LogP contribution in [0.1, 0.15) is 51.9 Å². The molecule has 1 saturated heterocycles. The molecular formula is C14H26N2O. The Morgan fingerprint density at radius 3 is 2.76 bits per heavy atom. The molecule has 3 nitrogen and oxygen atoms in total. The zero-order valence-corrected chi connectivity index (χ0v) is 11.1. The molecule has 0 radical (unpaired) electrons. The third-order valence-electron chi connectivity index (χ3n) is 4.23. The minimum absolute atomic E-state index is 0.315. The van der Waals surface area contributed by atoms with Crippen molar-refractivity contribution in [1.82, 2.24) is 10.2 Å². The van der Waals surface area contributed by atoms with Crippen molar-refractivity contribution in [3.63, 3.8) is 0 Å². The van der Waals surface area contributed by atoms with E-state index in [0.29, 0.717) is 18.5 Å². The summed E-state index contributed by atoms with van der Waals surface area (Å²) in [6.07, 6.45) is 8.90. The summed E-state index contributed by atoms with van der Waals surface area (Å²) in [4.78, 5) is 14.1. The van der Waals surface area contributed by atoms with Gasteiger partial charge in [0.15, 0.2) is 0 Å². The molecule has 2 fully saturated rings. The molecule has 2 aliphatic rings. The Morgan fingerprint density at radius 1 is 1.29 bits per heavy atom. The number of rotatable bonds is 5. The average Bonchev–Trinajstić information content (AvgIpc) is 2.97. The highest BCUT2D eigenvalue weighted by Gasteiger charge is 2.25. The van der Waals surface area contributed by atoms with Crippen molar-refractivity contribution < 1.29 is 4.79 Å². The first-order chi connectivity index (χ1) is 8.29. The first-order valence-electron chi connectivity index (χ1n) is 7.30. The van der Waals surface area contributed by atoms with E-state index in [1.807, 2.05) is 0 Å². The van der Waals surface area contributed by atoms with E-state index in [1.54, 1.807) is 0 Å². The number of nitrogens with zero attached hydrogens (tertiary/aromatic N) is 1. The van der Waals surface area contributed by atoms with Gasteiger partial charge in [-0.15, -0.1) is 0 Å². The van der Waals surface area contributed by atoms with E-state index in [-0.39, 0.29) is 0 Å². The Bertz CT molecular complexity index is 249. The van der Waals surface area contributed by atoms with Crippen LogP contribution in [0.25, 0.3) is 0 Å². The van der Waals surface area contributed by atoms with Crippen LogP contribution in [-0.2, 0) is 4.79 Å². The van der Waals surface area contributed by atoms with Crippen molar-refractivity contribution >= 4 is 5.91 Å². The van der Waals surface area contributed by atoms with E-state index in [0.717, 1.165) is 19.0 Å². The number of carbonyl (C=O) groups excluding carboxylic acids is 1. The van der Waals surface area contributed by atoms with Crippen LogP contribution in [0.15, 0.2) is 0 Å². The van der Waals surface area contributed by atoms with Gasteiger partial charge < -0.3 is 10.2 Å². The van der Waals surface area contributed by atoms with E-state index in [2.05, 4.69) is 17.1 Å². The van der Waals surface area contributed by atoms with Gasteiger partial charge in [-0.25, -0.2) is 0 Å². The zero-order valence-electron chi connectivity index (χ0n) is 11.1. The van der Waals surface area contributed by atoms with Crippen LogP contribution < -0.4 is 5.32 Å². The predicted molar refractivity (Wildman–Crippen MR) is 69.9 cm³/mol. The highest BCUT2D eigenvalue weighted by atomic mass is 16.2. The Labute approximate surface area is 105 Å². The zero-order chi connectivity index (χ0) is 12.1. The van der Waals surface area contributed by atoms with E-state index in [4.69, 9.17) is 0 Å². The molecule has 1 heterocycles. The number of hydrogen-bond donors (Lipinski definition) is 1. The van der Waals surface area contributed by atoms with Crippen LogP contribution in [0.5, 0.6) is 0 Å². The molecule has 0 aromatic carbocycles. The van der Waals surface area contributed by atoms with Crippen LogP contribution in [-0.4, -0.2) is 36.5 Å². The normalized spacial score (nSPS) is 25.7. The minimum atomic E-state index is 0.315. The first-order valence-corrected chi connectivity index (χ1v) is 7.30. The largest absolute Gasteiger partial charge is 0.341 e. The van der Waals surface area contributed by atoms with Gasteiger partial charge in [-0.2, -0.15) is 0 Å². The van der Waals surface area contributed by atoms with Crippen molar-refractivity contribution in [2.75, 3.05) is 19.6 Å². The molecule has 1 amide bonds. The molecule has 2 rings (SSSR count). The lowest BCUT2D eigenvalue weighted by Gasteiger charge is -2.18. The fraction of sp³-hybridized carbons (Fsp3) is 0.929. The second-order valence-corrected chi connectivity index (χ2v) is 5.65. The lowest BCUT2D eigenvalue weighted by atomic mass is 10.0. The van der Waals surface area contributed by atoms with Gasteiger partial charge >= 0.3 is 0 Å². The Kier molecular flexibility index (Phi) is 4.84. The van der Waals surface area contributed by atoms with Gasteiger partial charge in [0.2, 0.25) is 5.91 Å². The maximum atomic E-state index is 12.0. The molecule has 1 atom stereocenters. The highest BCUT2D eigenvalue weighted by Crippen LogP contribution is 2.21. The molecule has 3 heteroatoms. The van der Waals surface area contributed by atoms with Gasteiger partial charge in [-0.05, 0) is 31.6 Å². The summed E-state index contributed by atoms with van der Waals surface area (Å²) in [5.74, 6) is 1.07. The number of likely N-dealkylation sites (tertiary alicyclic amines) is 1. The van der Waals surface area contributed by atoms with Crippen molar-refractivity contribution in [2.45, 2.75) is 57.9 Å². The lowest BCUT2D eigenvalue weighted by Crippen LogP contribution is -2.40. The van der Waals surface area contributed by atoms with Gasteiger partial charge in [-0.3, -0.25) is 4.79 Å². The summed E-state index contributed by atoms with van der Waals surface area (Å²) in [6, 6.07) is 0.605. The summed E-state index contributed by atoms with van der Waals surface area (Å²) >= 11 is 0. The van der Waals surface area contributed by atoms with Crippen molar-refractivity contribution in [1.29, 1.82) is 0 Å². The highest BCUT2D eigenvalue weighted by molar-refractivity contribution is 5.78. The number of hydrogen-bond acceptors (Lipinski definition) is 2. The van der Waals surface area contributed by atoms with E-state index < -0.39 is 0 Å². The third-order valence-corrected chi connectivity index (χ3v) is 4.23. The van der Waals surface area contributed by atoms with Gasteiger partial charge in [0.05, 0.1) is 6.54 Å². The van der Waals surface area contributed by atoms with Crippen LogP contribution in [0.2, 0.25) is 0 Å². The van der Waals surface area contributed by atoms with Crippen LogP contribution in [0.4, 0.5) is 0 Å². The Morgan fingerprint density at radius 2 is 2.06 bits per heavy atom. The quantitative estimate of drug-likeness (QED) is 0.796. The molecule has 1 saturated carbocycles. The van der Waals surface area contributed by atoms with Gasteiger partial charge in [-0.1, -0.05) is 26.2 Å². The molecular weight excluding hydrogens is 212 g/mol. The van der Waals surface area contributed by atoms with Crippen LogP contribution in [0.3, 0.4) is 0 Å². The molecule has 0 bridgehead atoms. The molecule has 1 aliphatic heterocycles. The maximum Gasteiger partial charge on any atom is 0.236 e. The van der Waals surface area contributed by atoms with Gasteiger partial charge in [0.25, 0.3) is 0 Å². The lowest BCUT2D eigenvalue weighted by molar-refractivity contribution is -0.129. The second kappa shape index (κ2) is 6.39. The molecule has 1 N–H and O–H groups in total. The smallest absolute Gasteiger partial charge is 0.236 e. The third kappa shape index (κ3) is 3.70. The molecule has 1 aliphatic carbocycles. The molecule has 0 aromatic heterocycles. The first kappa shape index (κ1) is 12.9. The second-order valence-electron chi connectivity index (χ2n) is 5.65. The summed E-state index contributed by atoms with van der Waals surface area (Å²) < 4.78 is 0. The SMILES string of the molecule is CCCC1CCN(C(=O)CNC2CCCC2)C1.